The van der Waals surface area contributed by atoms with E-state index < -0.39 is 11.9 Å². The zero-order valence-corrected chi connectivity index (χ0v) is 14.3. The normalized spacial score (nSPS) is 10.0. The fraction of sp³-hybridized carbons (Fsp3) is 0.176. The number of rotatable bonds is 5. The summed E-state index contributed by atoms with van der Waals surface area (Å²) in [4.78, 5) is 23.8. The van der Waals surface area contributed by atoms with E-state index in [0.29, 0.717) is 17.0 Å². The molecule has 1 N–H and O–H groups in total. The molecule has 2 rings (SSSR count). The molecule has 0 spiro atoms. The fourth-order valence-electron chi connectivity index (χ4n) is 1.92. The molecule has 0 saturated carbocycles. The third-order valence-electron chi connectivity index (χ3n) is 3.10. The van der Waals surface area contributed by atoms with E-state index in [9.17, 15) is 9.59 Å². The monoisotopic (exact) mass is 377 g/mol. The lowest BCUT2D eigenvalue weighted by Gasteiger charge is -2.09. The zero-order valence-electron chi connectivity index (χ0n) is 12.8. The van der Waals surface area contributed by atoms with E-state index in [1.807, 2.05) is 19.1 Å². The molecule has 0 atom stereocenters. The van der Waals surface area contributed by atoms with Crippen LogP contribution >= 0.6 is 15.9 Å². The number of halogens is 1. The molecule has 23 heavy (non-hydrogen) atoms. The Balaban J connectivity index is 1.92. The van der Waals surface area contributed by atoms with Gasteiger partial charge in [-0.05, 0) is 48.9 Å². The highest BCUT2D eigenvalue weighted by atomic mass is 79.9. The number of hydrogen-bond acceptors (Lipinski definition) is 4. The molecule has 5 nitrogen and oxygen atoms in total. The highest BCUT2D eigenvalue weighted by Gasteiger charge is 2.12. The Morgan fingerprint density at radius 1 is 1.17 bits per heavy atom. The second-order valence-corrected chi connectivity index (χ2v) is 5.73. The van der Waals surface area contributed by atoms with Crippen LogP contribution in [0.2, 0.25) is 0 Å². The van der Waals surface area contributed by atoms with Crippen molar-refractivity contribution in [3.63, 3.8) is 0 Å². The first-order chi connectivity index (χ1) is 11.0. The first kappa shape index (κ1) is 17.0. The number of ether oxygens (including phenoxy) is 2. The van der Waals surface area contributed by atoms with Crippen molar-refractivity contribution >= 4 is 33.5 Å². The molecule has 0 aliphatic heterocycles. The molecule has 0 aliphatic carbocycles. The summed E-state index contributed by atoms with van der Waals surface area (Å²) in [6.07, 6.45) is 0. The van der Waals surface area contributed by atoms with Crippen LogP contribution in [0.25, 0.3) is 0 Å². The minimum absolute atomic E-state index is 0.331. The van der Waals surface area contributed by atoms with Gasteiger partial charge in [0, 0.05) is 10.2 Å². The van der Waals surface area contributed by atoms with Gasteiger partial charge < -0.3 is 14.8 Å². The van der Waals surface area contributed by atoms with Crippen molar-refractivity contribution in [1.29, 1.82) is 0 Å². The van der Waals surface area contributed by atoms with Gasteiger partial charge in [-0.15, -0.1) is 0 Å². The number of esters is 1. The molecule has 0 radical (unpaired) electrons. The van der Waals surface area contributed by atoms with E-state index >= 15 is 0 Å². The molecular weight excluding hydrogens is 362 g/mol. The smallest absolute Gasteiger partial charge is 0.338 e. The Hall–Kier alpha value is -2.34. The predicted octanol–water partition coefficient (Wildman–Crippen LogP) is 3.56. The van der Waals surface area contributed by atoms with Gasteiger partial charge in [0.15, 0.2) is 6.61 Å². The van der Waals surface area contributed by atoms with Crippen LogP contribution in [0.15, 0.2) is 46.9 Å². The predicted molar refractivity (Wildman–Crippen MR) is 90.8 cm³/mol. The van der Waals surface area contributed by atoms with E-state index in [0.717, 1.165) is 10.0 Å². The summed E-state index contributed by atoms with van der Waals surface area (Å²) < 4.78 is 11.0. The highest BCUT2D eigenvalue weighted by Crippen LogP contribution is 2.20. The molecule has 0 unspecified atom stereocenters. The Kier molecular flexibility index (Phi) is 5.76. The van der Waals surface area contributed by atoms with Crippen molar-refractivity contribution < 1.29 is 19.1 Å². The van der Waals surface area contributed by atoms with Crippen LogP contribution in [-0.4, -0.2) is 25.6 Å². The van der Waals surface area contributed by atoms with Crippen LogP contribution < -0.4 is 10.1 Å². The second kappa shape index (κ2) is 7.78. The first-order valence-electron chi connectivity index (χ1n) is 6.87. The van der Waals surface area contributed by atoms with E-state index in [2.05, 4.69) is 21.2 Å². The van der Waals surface area contributed by atoms with Gasteiger partial charge in [0.05, 0.1) is 12.7 Å². The molecule has 0 bridgehead atoms. The number of hydrogen-bond donors (Lipinski definition) is 1. The Labute approximate surface area is 142 Å². The SMILES string of the molecule is COc1cccc(C(=O)OCC(=O)Nc2ccc(Br)cc2C)c1. The topological polar surface area (TPSA) is 64.6 Å². The molecule has 0 aliphatic rings. The summed E-state index contributed by atoms with van der Waals surface area (Å²) in [5.41, 5.74) is 1.92. The summed E-state index contributed by atoms with van der Waals surface area (Å²) in [5.74, 6) is -0.423. The molecule has 2 aromatic carbocycles. The van der Waals surface area contributed by atoms with Crippen LogP contribution in [0.4, 0.5) is 5.69 Å². The maximum atomic E-state index is 11.9. The number of carbonyl (C=O) groups is 2. The molecule has 0 aromatic heterocycles. The van der Waals surface area contributed by atoms with Gasteiger partial charge in [0.2, 0.25) is 0 Å². The van der Waals surface area contributed by atoms with Gasteiger partial charge >= 0.3 is 5.97 Å². The molecule has 2 aromatic rings. The van der Waals surface area contributed by atoms with Crippen molar-refractivity contribution in [2.75, 3.05) is 19.0 Å². The van der Waals surface area contributed by atoms with Crippen molar-refractivity contribution in [3.05, 3.63) is 58.1 Å². The minimum atomic E-state index is -0.577. The number of aryl methyl sites for hydroxylation is 1. The quantitative estimate of drug-likeness (QED) is 0.809. The van der Waals surface area contributed by atoms with Crippen LogP contribution in [0, 0.1) is 6.92 Å². The Morgan fingerprint density at radius 2 is 1.96 bits per heavy atom. The minimum Gasteiger partial charge on any atom is -0.497 e. The highest BCUT2D eigenvalue weighted by molar-refractivity contribution is 9.10. The number of methoxy groups -OCH3 is 1. The number of nitrogens with one attached hydrogen (secondary N) is 1. The van der Waals surface area contributed by atoms with E-state index in [4.69, 9.17) is 9.47 Å². The molecule has 0 saturated heterocycles. The van der Waals surface area contributed by atoms with Crippen molar-refractivity contribution in [2.24, 2.45) is 0 Å². The molecule has 0 heterocycles. The molecule has 6 heteroatoms. The lowest BCUT2D eigenvalue weighted by Crippen LogP contribution is -2.21. The average molecular weight is 378 g/mol. The second-order valence-electron chi connectivity index (χ2n) is 4.82. The third kappa shape index (κ3) is 4.82. The zero-order chi connectivity index (χ0) is 16.8. The van der Waals surface area contributed by atoms with Gasteiger partial charge in [0.25, 0.3) is 5.91 Å². The van der Waals surface area contributed by atoms with Gasteiger partial charge in [-0.2, -0.15) is 0 Å². The molecule has 1 amide bonds. The number of anilines is 1. The maximum Gasteiger partial charge on any atom is 0.338 e. The fourth-order valence-corrected chi connectivity index (χ4v) is 2.39. The summed E-state index contributed by atoms with van der Waals surface area (Å²) in [6, 6.07) is 12.0. The summed E-state index contributed by atoms with van der Waals surface area (Å²) in [5, 5.41) is 2.71. The summed E-state index contributed by atoms with van der Waals surface area (Å²) >= 11 is 3.36. The first-order valence-corrected chi connectivity index (χ1v) is 7.66. The van der Waals surface area contributed by atoms with Crippen molar-refractivity contribution in [3.8, 4) is 5.75 Å². The maximum absolute atomic E-state index is 11.9. The molecule has 0 fully saturated rings. The van der Waals surface area contributed by atoms with Gasteiger partial charge in [-0.3, -0.25) is 4.79 Å². The van der Waals surface area contributed by atoms with E-state index in [1.54, 1.807) is 30.3 Å². The summed E-state index contributed by atoms with van der Waals surface area (Å²) in [7, 11) is 1.51. The van der Waals surface area contributed by atoms with Crippen molar-refractivity contribution in [2.45, 2.75) is 6.92 Å². The molecular formula is C17H16BrNO4. The van der Waals surface area contributed by atoms with E-state index in [-0.39, 0.29) is 6.61 Å². The van der Waals surface area contributed by atoms with Gasteiger partial charge in [-0.25, -0.2) is 4.79 Å². The van der Waals surface area contributed by atoms with Crippen LogP contribution in [0.3, 0.4) is 0 Å². The lowest BCUT2D eigenvalue weighted by molar-refractivity contribution is -0.119. The van der Waals surface area contributed by atoms with Gasteiger partial charge in [-0.1, -0.05) is 22.0 Å². The average Bonchev–Trinajstić information content (AvgIpc) is 2.55. The van der Waals surface area contributed by atoms with Gasteiger partial charge in [0.1, 0.15) is 5.75 Å². The third-order valence-corrected chi connectivity index (χ3v) is 3.60. The Bertz CT molecular complexity index is 730. The van der Waals surface area contributed by atoms with Crippen LogP contribution in [0.5, 0.6) is 5.75 Å². The van der Waals surface area contributed by atoms with Crippen molar-refractivity contribution in [1.82, 2.24) is 0 Å². The van der Waals surface area contributed by atoms with Crippen LogP contribution in [0.1, 0.15) is 15.9 Å². The molecule has 120 valence electrons. The summed E-state index contributed by atoms with van der Waals surface area (Å²) in [6.45, 7) is 1.52. The number of carbonyl (C=O) groups excluding carboxylic acids is 2. The largest absolute Gasteiger partial charge is 0.497 e. The number of amides is 1. The standard InChI is InChI=1S/C17H16BrNO4/c1-11-8-13(18)6-7-15(11)19-16(20)10-23-17(21)12-4-3-5-14(9-12)22-2/h3-9H,10H2,1-2H3,(H,19,20). The number of benzene rings is 2. The lowest BCUT2D eigenvalue weighted by atomic mass is 10.2. The Morgan fingerprint density at radius 3 is 2.65 bits per heavy atom. The van der Waals surface area contributed by atoms with E-state index in [1.165, 1.54) is 7.11 Å². The van der Waals surface area contributed by atoms with Crippen LogP contribution in [-0.2, 0) is 9.53 Å².